The zero-order valence-electron chi connectivity index (χ0n) is 17.3. The number of halogens is 1. The molecule has 7 heteroatoms. The molecule has 3 heterocycles. The molecule has 0 unspecified atom stereocenters. The van der Waals surface area contributed by atoms with Gasteiger partial charge < -0.3 is 15.6 Å². The van der Waals surface area contributed by atoms with Crippen LogP contribution in [0.5, 0.6) is 0 Å². The molecular weight excluding hydrogens is 414 g/mol. The molecule has 1 aromatic carbocycles. The van der Waals surface area contributed by atoms with E-state index in [4.69, 9.17) is 27.3 Å². The van der Waals surface area contributed by atoms with Gasteiger partial charge in [-0.1, -0.05) is 49.4 Å². The van der Waals surface area contributed by atoms with Crippen LogP contribution in [-0.2, 0) is 6.42 Å². The molecule has 1 fully saturated rings. The Labute approximate surface area is 186 Å². The average Bonchev–Trinajstić information content (AvgIpc) is 3.30. The lowest BCUT2D eigenvalue weighted by Crippen LogP contribution is -2.27. The van der Waals surface area contributed by atoms with Gasteiger partial charge in [0.05, 0.1) is 10.4 Å². The number of hydrogen-bond donors (Lipinski definition) is 2. The van der Waals surface area contributed by atoms with Crippen molar-refractivity contribution in [2.24, 2.45) is 5.73 Å². The van der Waals surface area contributed by atoms with E-state index in [1.807, 2.05) is 6.08 Å². The van der Waals surface area contributed by atoms with E-state index in [1.165, 1.54) is 11.1 Å². The average molecular weight is 440 g/mol. The molecule has 0 radical (unpaired) electrons. The summed E-state index contributed by atoms with van der Waals surface area (Å²) in [6.07, 6.45) is 7.55. The largest absolute Gasteiger partial charge is 0.354 e. The molecular formula is C23H26ClN5S. The fourth-order valence-electron chi connectivity index (χ4n) is 3.74. The highest BCUT2D eigenvalue weighted by molar-refractivity contribution is 7.99. The van der Waals surface area contributed by atoms with Crippen molar-refractivity contribution in [3.8, 4) is 0 Å². The second-order valence-corrected chi connectivity index (χ2v) is 8.95. The molecule has 1 aliphatic heterocycles. The van der Waals surface area contributed by atoms with Crippen molar-refractivity contribution in [3.63, 3.8) is 0 Å². The van der Waals surface area contributed by atoms with Crippen molar-refractivity contribution in [1.29, 1.82) is 0 Å². The van der Waals surface area contributed by atoms with Crippen LogP contribution in [0.4, 0.5) is 5.82 Å². The second kappa shape index (κ2) is 8.84. The van der Waals surface area contributed by atoms with Gasteiger partial charge in [-0.3, -0.25) is 0 Å². The molecule has 1 aliphatic rings. The van der Waals surface area contributed by atoms with Gasteiger partial charge >= 0.3 is 0 Å². The van der Waals surface area contributed by atoms with Gasteiger partial charge in [-0.25, -0.2) is 9.97 Å². The number of fused-ring (bicyclic) bond motifs is 1. The third-order valence-corrected chi connectivity index (χ3v) is 6.64. The Kier molecular flexibility index (Phi) is 6.18. The highest BCUT2D eigenvalue weighted by Crippen LogP contribution is 2.37. The quantitative estimate of drug-likeness (QED) is 0.399. The lowest BCUT2D eigenvalue weighted by molar-refractivity contribution is 0.751. The van der Waals surface area contributed by atoms with Crippen LogP contribution >= 0.6 is 23.4 Å². The first kappa shape index (κ1) is 21.0. The predicted molar refractivity (Wildman–Crippen MR) is 128 cm³/mol. The Morgan fingerprint density at radius 3 is 2.90 bits per heavy atom. The Bertz CT molecular complexity index is 1120. The third-order valence-electron chi connectivity index (χ3n) is 5.36. The topological polar surface area (TPSA) is 70.8 Å². The van der Waals surface area contributed by atoms with E-state index < -0.39 is 0 Å². The normalized spacial score (nSPS) is 16.8. The van der Waals surface area contributed by atoms with Crippen LogP contribution in [0, 0.1) is 6.92 Å². The number of benzene rings is 1. The van der Waals surface area contributed by atoms with E-state index in [2.05, 4.69) is 54.6 Å². The minimum Gasteiger partial charge on any atom is -0.354 e. The van der Waals surface area contributed by atoms with Crippen LogP contribution in [-0.4, -0.2) is 34.1 Å². The maximum Gasteiger partial charge on any atom is 0.196 e. The van der Waals surface area contributed by atoms with Crippen molar-refractivity contribution >= 4 is 46.3 Å². The van der Waals surface area contributed by atoms with E-state index in [0.717, 1.165) is 53.4 Å². The van der Waals surface area contributed by atoms with Crippen molar-refractivity contribution in [2.75, 3.05) is 18.0 Å². The molecule has 1 saturated heterocycles. The summed E-state index contributed by atoms with van der Waals surface area (Å²) in [7, 11) is 0. The lowest BCUT2D eigenvalue weighted by atomic mass is 10.1. The number of rotatable bonds is 6. The number of hydrogen-bond acceptors (Lipinski definition) is 5. The van der Waals surface area contributed by atoms with Gasteiger partial charge in [-0.15, -0.1) is 0 Å². The second-order valence-electron chi connectivity index (χ2n) is 7.53. The molecule has 3 N–H and O–H groups in total. The number of nitrogens with one attached hydrogen (secondary N) is 1. The van der Waals surface area contributed by atoms with Gasteiger partial charge in [0.2, 0.25) is 0 Å². The van der Waals surface area contributed by atoms with Crippen molar-refractivity contribution in [1.82, 2.24) is 15.0 Å². The zero-order chi connectivity index (χ0) is 21.3. The van der Waals surface area contributed by atoms with Crippen molar-refractivity contribution in [3.05, 3.63) is 58.8 Å². The fourth-order valence-corrected chi connectivity index (χ4v) is 4.95. The Hall–Kier alpha value is -2.28. The van der Waals surface area contributed by atoms with E-state index >= 15 is 0 Å². The van der Waals surface area contributed by atoms with E-state index in [0.29, 0.717) is 10.2 Å². The SMILES string of the molecule is C=C/C=C\c1ccc(Sc2nc(N3CC[C@@H](N)C3)c3c(Cl)c(CC)[nH]c3n2)cc1C. The summed E-state index contributed by atoms with van der Waals surface area (Å²) < 4.78 is 0. The van der Waals surface area contributed by atoms with Crippen LogP contribution in [0.15, 0.2) is 47.0 Å². The summed E-state index contributed by atoms with van der Waals surface area (Å²) in [5.74, 6) is 0.874. The minimum absolute atomic E-state index is 0.160. The van der Waals surface area contributed by atoms with Gasteiger partial charge in [-0.05, 0) is 54.8 Å². The molecule has 1 atom stereocenters. The van der Waals surface area contributed by atoms with Crippen LogP contribution < -0.4 is 10.6 Å². The number of H-pyrrole nitrogens is 1. The smallest absolute Gasteiger partial charge is 0.196 e. The van der Waals surface area contributed by atoms with Crippen LogP contribution in [0.3, 0.4) is 0 Å². The van der Waals surface area contributed by atoms with Gasteiger partial charge in [0, 0.05) is 29.7 Å². The molecule has 4 rings (SSSR count). The predicted octanol–water partition coefficient (Wildman–Crippen LogP) is 5.37. The van der Waals surface area contributed by atoms with Gasteiger partial charge in [0.25, 0.3) is 0 Å². The molecule has 3 aromatic rings. The fraction of sp³-hybridized carbons (Fsp3) is 0.304. The maximum atomic E-state index is 6.68. The highest BCUT2D eigenvalue weighted by Gasteiger charge is 2.26. The number of anilines is 1. The van der Waals surface area contributed by atoms with Crippen LogP contribution in [0.1, 0.15) is 30.2 Å². The summed E-state index contributed by atoms with van der Waals surface area (Å²) in [6.45, 7) is 9.57. The summed E-state index contributed by atoms with van der Waals surface area (Å²) in [5, 5.41) is 2.31. The van der Waals surface area contributed by atoms with Gasteiger partial charge in [0.15, 0.2) is 5.16 Å². The summed E-state index contributed by atoms with van der Waals surface area (Å²) in [4.78, 5) is 16.4. The van der Waals surface area contributed by atoms with Crippen molar-refractivity contribution < 1.29 is 0 Å². The zero-order valence-corrected chi connectivity index (χ0v) is 18.9. The number of aromatic amines is 1. The number of nitrogens with zero attached hydrogens (tertiary/aromatic N) is 3. The highest BCUT2D eigenvalue weighted by atomic mass is 35.5. The molecule has 30 heavy (non-hydrogen) atoms. The Morgan fingerprint density at radius 1 is 1.40 bits per heavy atom. The monoisotopic (exact) mass is 439 g/mol. The summed E-state index contributed by atoms with van der Waals surface area (Å²) >= 11 is 8.24. The summed E-state index contributed by atoms with van der Waals surface area (Å²) in [6, 6.07) is 6.52. The first-order valence-corrected chi connectivity index (χ1v) is 11.4. The third kappa shape index (κ3) is 4.13. The number of aryl methyl sites for hydroxylation is 2. The number of allylic oxidation sites excluding steroid dienone is 2. The van der Waals surface area contributed by atoms with E-state index in [1.54, 1.807) is 17.8 Å². The number of aromatic nitrogens is 3. The Morgan fingerprint density at radius 2 is 2.23 bits per heavy atom. The first-order valence-electron chi connectivity index (χ1n) is 10.2. The molecule has 0 saturated carbocycles. The number of nitrogens with two attached hydrogens (primary N) is 1. The molecule has 156 valence electrons. The van der Waals surface area contributed by atoms with E-state index in [-0.39, 0.29) is 6.04 Å². The molecule has 5 nitrogen and oxygen atoms in total. The summed E-state index contributed by atoms with van der Waals surface area (Å²) in [5.41, 5.74) is 10.3. The molecule has 0 amide bonds. The van der Waals surface area contributed by atoms with E-state index in [9.17, 15) is 0 Å². The van der Waals surface area contributed by atoms with Gasteiger partial charge in [-0.2, -0.15) is 0 Å². The van der Waals surface area contributed by atoms with Crippen molar-refractivity contribution in [2.45, 2.75) is 42.8 Å². The van der Waals surface area contributed by atoms with Crippen LogP contribution in [0.2, 0.25) is 5.02 Å². The molecule has 2 aromatic heterocycles. The first-order chi connectivity index (χ1) is 14.5. The molecule has 0 spiro atoms. The molecule has 0 aliphatic carbocycles. The van der Waals surface area contributed by atoms with Crippen LogP contribution in [0.25, 0.3) is 17.1 Å². The minimum atomic E-state index is 0.160. The maximum absolute atomic E-state index is 6.68. The lowest BCUT2D eigenvalue weighted by Gasteiger charge is -2.18. The molecule has 0 bridgehead atoms. The Balaban J connectivity index is 1.73. The van der Waals surface area contributed by atoms with Gasteiger partial charge in [0.1, 0.15) is 11.5 Å². The standard InChI is InChI=1S/C23H26ClN5S/c1-4-6-7-15-8-9-17(12-14(15)3)30-23-27-21-19(20(24)18(5-2)26-21)22(28-23)29-11-10-16(25)13-29/h4,6-9,12,16H,1,5,10-11,13,25H2,2-3H3,(H,26,27,28)/b7-6-/t16-/m1/s1.